The predicted molar refractivity (Wildman–Crippen MR) is 80.5 cm³/mol. The quantitative estimate of drug-likeness (QED) is 0.144. The van der Waals surface area contributed by atoms with Crippen LogP contribution in [0.5, 0.6) is 0 Å². The first-order chi connectivity index (χ1) is 8.22. The minimum atomic E-state index is -1.06. The van der Waals surface area contributed by atoms with Crippen molar-refractivity contribution < 1.29 is 9.59 Å². The van der Waals surface area contributed by atoms with Crippen LogP contribution in [0.25, 0.3) is 0 Å². The number of thiocarbonyl (C=S) groups is 2. The lowest BCUT2D eigenvalue weighted by molar-refractivity contribution is -0.137. The second-order valence-electron chi connectivity index (χ2n) is 2.42. The minimum absolute atomic E-state index is 0.132. The van der Waals surface area contributed by atoms with Gasteiger partial charge in [0.2, 0.25) is 0 Å². The zero-order valence-corrected chi connectivity index (χ0v) is 11.9. The molecular formula is C6H8N6O2S4. The molecule has 0 radical (unpaired) electrons. The van der Waals surface area contributed by atoms with Crippen LogP contribution in [0.1, 0.15) is 0 Å². The van der Waals surface area contributed by atoms with Gasteiger partial charge in [-0.15, -0.1) is 0 Å². The third-order valence-corrected chi connectivity index (χ3v) is 2.76. The van der Waals surface area contributed by atoms with Crippen LogP contribution in [0.3, 0.4) is 0 Å². The van der Waals surface area contributed by atoms with Gasteiger partial charge in [-0.3, -0.25) is 20.4 Å². The number of carbonyl (C=O) groups is 2. The molecule has 0 aliphatic heterocycles. The monoisotopic (exact) mass is 324 g/mol. The van der Waals surface area contributed by atoms with Gasteiger partial charge in [0, 0.05) is 0 Å². The minimum Gasteiger partial charge on any atom is -0.378 e. The summed E-state index contributed by atoms with van der Waals surface area (Å²) in [6, 6.07) is 0. The Morgan fingerprint density at radius 1 is 0.889 bits per heavy atom. The normalized spacial score (nSPS) is 9.11. The summed E-state index contributed by atoms with van der Waals surface area (Å²) in [6.45, 7) is 0. The summed E-state index contributed by atoms with van der Waals surface area (Å²) in [5.74, 6) is -2.11. The highest BCUT2D eigenvalue weighted by molar-refractivity contribution is 8.33. The van der Waals surface area contributed by atoms with E-state index < -0.39 is 11.8 Å². The predicted octanol–water partition coefficient (Wildman–Crippen LogP) is -0.958. The van der Waals surface area contributed by atoms with Crippen molar-refractivity contribution in [3.63, 3.8) is 0 Å². The maximum Gasteiger partial charge on any atom is 0.315 e. The molecule has 12 heteroatoms. The van der Waals surface area contributed by atoms with Crippen molar-refractivity contribution in [1.29, 1.82) is 10.8 Å². The van der Waals surface area contributed by atoms with Gasteiger partial charge in [0.05, 0.1) is 0 Å². The first-order valence-electron chi connectivity index (χ1n) is 3.96. The van der Waals surface area contributed by atoms with Crippen LogP contribution in [0.2, 0.25) is 0 Å². The molecule has 98 valence electrons. The Bertz CT molecular complexity index is 396. The zero-order chi connectivity index (χ0) is 14.3. The van der Waals surface area contributed by atoms with Gasteiger partial charge in [0.1, 0.15) is 8.64 Å². The average molecular weight is 324 g/mol. The molecule has 0 aromatic carbocycles. The number of thioether (sulfide) groups is 2. The molecule has 0 heterocycles. The van der Waals surface area contributed by atoms with Gasteiger partial charge in [-0.05, 0) is 23.5 Å². The largest absolute Gasteiger partial charge is 0.378 e. The highest BCUT2D eigenvalue weighted by Crippen LogP contribution is 2.01. The first kappa shape index (κ1) is 16.8. The maximum absolute atomic E-state index is 11.3. The Balaban J connectivity index is 4.23. The lowest BCUT2D eigenvalue weighted by atomic mass is 10.6. The Morgan fingerprint density at radius 3 is 1.39 bits per heavy atom. The zero-order valence-electron chi connectivity index (χ0n) is 8.60. The molecule has 8 nitrogen and oxygen atoms in total. The Morgan fingerprint density at radius 2 is 1.17 bits per heavy atom. The summed E-state index contributed by atoms with van der Waals surface area (Å²) in [5, 5.41) is 17.3. The molecule has 0 saturated carbocycles. The number of hydrogen-bond acceptors (Lipinski definition) is 8. The van der Waals surface area contributed by atoms with Crippen LogP contribution in [0, 0.1) is 10.8 Å². The summed E-state index contributed by atoms with van der Waals surface area (Å²) < 4.78 is -0.263. The summed E-state index contributed by atoms with van der Waals surface area (Å²) in [5.41, 5.74) is 10.1. The van der Waals surface area contributed by atoms with E-state index in [0.29, 0.717) is 23.5 Å². The molecule has 0 aromatic heterocycles. The standard InChI is InChI=1S/C6H8N6O2S4/c7-3(8)17-5(15)11-1(13)2(14)12-6(16)18-4(9)10/h(H3,7,8)(H3,9,10)(H,11,13,15)(H,12,14,16). The molecule has 0 aliphatic rings. The van der Waals surface area contributed by atoms with Crippen molar-refractivity contribution in [1.82, 2.24) is 10.6 Å². The van der Waals surface area contributed by atoms with Gasteiger partial charge < -0.3 is 22.1 Å². The first-order valence-corrected chi connectivity index (χ1v) is 6.41. The highest BCUT2D eigenvalue weighted by Gasteiger charge is 2.17. The number of amides is 2. The molecular weight excluding hydrogens is 316 g/mol. The van der Waals surface area contributed by atoms with E-state index in [2.05, 4.69) is 24.4 Å². The van der Waals surface area contributed by atoms with Crippen LogP contribution < -0.4 is 22.1 Å². The van der Waals surface area contributed by atoms with Gasteiger partial charge in [0.25, 0.3) is 0 Å². The van der Waals surface area contributed by atoms with E-state index in [0.717, 1.165) is 0 Å². The van der Waals surface area contributed by atoms with Gasteiger partial charge in [-0.25, -0.2) is 0 Å². The molecule has 0 atom stereocenters. The fraction of sp³-hybridized carbons (Fsp3) is 0. The molecule has 0 bridgehead atoms. The second kappa shape index (κ2) is 7.97. The van der Waals surface area contributed by atoms with E-state index in [1.165, 1.54) is 0 Å². The van der Waals surface area contributed by atoms with Crippen LogP contribution in [-0.2, 0) is 9.59 Å². The van der Waals surface area contributed by atoms with Gasteiger partial charge in [0.15, 0.2) is 10.3 Å². The van der Waals surface area contributed by atoms with Crippen molar-refractivity contribution in [3.8, 4) is 0 Å². The van der Waals surface area contributed by atoms with Crippen molar-refractivity contribution in [2.24, 2.45) is 11.5 Å². The summed E-state index contributed by atoms with van der Waals surface area (Å²) in [7, 11) is 0. The van der Waals surface area contributed by atoms with Gasteiger partial charge in [-0.1, -0.05) is 24.4 Å². The van der Waals surface area contributed by atoms with Crippen molar-refractivity contribution in [3.05, 3.63) is 0 Å². The SMILES string of the molecule is N=C(N)SC(=S)NC(=O)C(=O)NC(=S)SC(=N)N. The number of nitrogens with one attached hydrogen (secondary N) is 4. The van der Waals surface area contributed by atoms with E-state index in [-0.39, 0.29) is 19.0 Å². The molecule has 0 aromatic rings. The Hall–Kier alpha value is -1.24. The number of hydrogen-bond donors (Lipinski definition) is 6. The van der Waals surface area contributed by atoms with E-state index >= 15 is 0 Å². The van der Waals surface area contributed by atoms with Crippen LogP contribution >= 0.6 is 48.0 Å². The Labute approximate surface area is 121 Å². The molecule has 2 amide bonds. The van der Waals surface area contributed by atoms with Crippen molar-refractivity contribution in [2.75, 3.05) is 0 Å². The molecule has 0 spiro atoms. The second-order valence-corrected chi connectivity index (χ2v) is 5.85. The lowest BCUT2D eigenvalue weighted by Crippen LogP contribution is -2.43. The third kappa shape index (κ3) is 7.94. The summed E-state index contributed by atoms with van der Waals surface area (Å²) in [6.07, 6.45) is 0. The molecule has 0 saturated heterocycles. The topological polar surface area (TPSA) is 158 Å². The van der Waals surface area contributed by atoms with Crippen LogP contribution in [0.15, 0.2) is 0 Å². The number of nitrogens with two attached hydrogens (primary N) is 2. The highest BCUT2D eigenvalue weighted by atomic mass is 32.2. The van der Waals surface area contributed by atoms with Crippen LogP contribution in [-0.4, -0.2) is 30.8 Å². The van der Waals surface area contributed by atoms with E-state index in [1.54, 1.807) is 0 Å². The number of rotatable bonds is 0. The molecule has 0 fully saturated rings. The molecule has 0 unspecified atom stereocenters. The van der Waals surface area contributed by atoms with Gasteiger partial charge in [-0.2, -0.15) is 0 Å². The lowest BCUT2D eigenvalue weighted by Gasteiger charge is -2.06. The van der Waals surface area contributed by atoms with E-state index in [1.807, 2.05) is 10.6 Å². The smallest absolute Gasteiger partial charge is 0.315 e. The number of amidine groups is 2. The average Bonchev–Trinajstić information content (AvgIpc) is 2.13. The molecule has 0 aliphatic carbocycles. The summed E-state index contributed by atoms with van der Waals surface area (Å²) >= 11 is 10.5. The third-order valence-electron chi connectivity index (χ3n) is 1.04. The fourth-order valence-electron chi connectivity index (χ4n) is 0.550. The fourth-order valence-corrected chi connectivity index (χ4v) is 1.96. The van der Waals surface area contributed by atoms with Crippen molar-refractivity contribution >= 4 is 78.8 Å². The summed E-state index contributed by atoms with van der Waals surface area (Å²) in [4.78, 5) is 22.5. The Kier molecular flexibility index (Phi) is 7.42. The van der Waals surface area contributed by atoms with E-state index in [9.17, 15) is 9.59 Å². The van der Waals surface area contributed by atoms with Crippen molar-refractivity contribution in [2.45, 2.75) is 0 Å². The molecule has 18 heavy (non-hydrogen) atoms. The molecule has 8 N–H and O–H groups in total. The molecule has 0 rings (SSSR count). The number of carbonyl (C=O) groups excluding carboxylic acids is 2. The van der Waals surface area contributed by atoms with Crippen LogP contribution in [0.4, 0.5) is 0 Å². The van der Waals surface area contributed by atoms with Gasteiger partial charge >= 0.3 is 11.8 Å². The van der Waals surface area contributed by atoms with E-state index in [4.69, 9.17) is 22.3 Å². The maximum atomic E-state index is 11.3.